The zero-order valence-corrected chi connectivity index (χ0v) is 11.1. The van der Waals surface area contributed by atoms with Crippen molar-refractivity contribution in [2.45, 2.75) is 0 Å². The molecule has 0 spiro atoms. The van der Waals surface area contributed by atoms with Crippen LogP contribution in [-0.4, -0.2) is 47.3 Å². The first-order valence-corrected chi connectivity index (χ1v) is 5.71. The van der Waals surface area contributed by atoms with Gasteiger partial charge in [0.05, 0.1) is 37.2 Å². The Morgan fingerprint density at radius 3 is 3.05 bits per heavy atom. The second-order valence-corrected chi connectivity index (χ2v) is 3.73. The molecule has 0 saturated carbocycles. The molecular formula is C12H16ClN3O3. The molecule has 6 nitrogen and oxygen atoms in total. The average Bonchev–Trinajstić information content (AvgIpc) is 2.85. The minimum absolute atomic E-state index is 0. The van der Waals surface area contributed by atoms with Crippen LogP contribution in [0.2, 0.25) is 0 Å². The summed E-state index contributed by atoms with van der Waals surface area (Å²) in [4.78, 5) is 18.8. The van der Waals surface area contributed by atoms with Gasteiger partial charge in [-0.15, -0.1) is 12.4 Å². The highest BCUT2D eigenvalue weighted by atomic mass is 35.5. The molecule has 0 radical (unpaired) electrons. The van der Waals surface area contributed by atoms with Crippen molar-refractivity contribution in [2.24, 2.45) is 0 Å². The largest absolute Gasteiger partial charge is 0.394 e. The van der Waals surface area contributed by atoms with Crippen molar-refractivity contribution in [1.82, 2.24) is 15.3 Å². The normalized spacial score (nSPS) is 10.2. The minimum atomic E-state index is -0.160. The van der Waals surface area contributed by atoms with Crippen LogP contribution in [0.25, 0.3) is 11.0 Å². The summed E-state index contributed by atoms with van der Waals surface area (Å²) in [6.45, 7) is 1.08. The van der Waals surface area contributed by atoms with E-state index >= 15 is 0 Å². The number of fused-ring (bicyclic) bond motifs is 1. The second-order valence-electron chi connectivity index (χ2n) is 3.73. The smallest absolute Gasteiger partial charge is 0.251 e. The van der Waals surface area contributed by atoms with Crippen molar-refractivity contribution in [1.29, 1.82) is 0 Å². The minimum Gasteiger partial charge on any atom is -0.394 e. The molecule has 0 aliphatic rings. The fourth-order valence-corrected chi connectivity index (χ4v) is 1.58. The molecule has 104 valence electrons. The Morgan fingerprint density at radius 1 is 1.42 bits per heavy atom. The predicted octanol–water partition coefficient (Wildman–Crippen LogP) is 0.723. The molecule has 0 bridgehead atoms. The highest BCUT2D eigenvalue weighted by molar-refractivity contribution is 5.97. The third kappa shape index (κ3) is 4.20. The second kappa shape index (κ2) is 7.73. The van der Waals surface area contributed by atoms with Crippen LogP contribution in [0.15, 0.2) is 24.5 Å². The third-order valence-corrected chi connectivity index (χ3v) is 2.45. The molecule has 1 amide bonds. The van der Waals surface area contributed by atoms with Gasteiger partial charge in [-0.1, -0.05) is 0 Å². The molecule has 0 unspecified atom stereocenters. The van der Waals surface area contributed by atoms with E-state index in [2.05, 4.69) is 15.3 Å². The lowest BCUT2D eigenvalue weighted by Crippen LogP contribution is -2.27. The number of H-pyrrole nitrogens is 1. The number of nitrogens with one attached hydrogen (secondary N) is 2. The Bertz CT molecular complexity index is 530. The standard InChI is InChI=1S/C12H15N3O3.ClH/c16-4-6-18-5-3-13-12(17)9-1-2-10-11(7-9)15-8-14-10;/h1-2,7-8,16H,3-6H2,(H,13,17)(H,14,15);1H. The van der Waals surface area contributed by atoms with Gasteiger partial charge in [0.25, 0.3) is 5.91 Å². The highest BCUT2D eigenvalue weighted by Gasteiger charge is 2.06. The van der Waals surface area contributed by atoms with Gasteiger partial charge in [0.1, 0.15) is 0 Å². The topological polar surface area (TPSA) is 87.2 Å². The monoisotopic (exact) mass is 285 g/mol. The number of hydrogen-bond acceptors (Lipinski definition) is 4. The lowest BCUT2D eigenvalue weighted by Gasteiger charge is -2.05. The third-order valence-electron chi connectivity index (χ3n) is 2.45. The number of nitrogens with zero attached hydrogens (tertiary/aromatic N) is 1. The summed E-state index contributed by atoms with van der Waals surface area (Å²) in [5.41, 5.74) is 2.23. The van der Waals surface area contributed by atoms with Crippen LogP contribution >= 0.6 is 12.4 Å². The zero-order chi connectivity index (χ0) is 12.8. The first-order chi connectivity index (χ1) is 8.81. The molecule has 3 N–H and O–H groups in total. The highest BCUT2D eigenvalue weighted by Crippen LogP contribution is 2.11. The molecule has 0 atom stereocenters. The number of aromatic amines is 1. The molecule has 0 fully saturated rings. The van der Waals surface area contributed by atoms with Crippen LogP contribution in [0, 0.1) is 0 Å². The van der Waals surface area contributed by atoms with E-state index in [9.17, 15) is 4.79 Å². The number of imidazole rings is 1. The molecule has 1 aromatic heterocycles. The summed E-state index contributed by atoms with van der Waals surface area (Å²) in [7, 11) is 0. The summed E-state index contributed by atoms with van der Waals surface area (Å²) in [6, 6.07) is 5.29. The van der Waals surface area contributed by atoms with Gasteiger partial charge in [0.2, 0.25) is 0 Å². The number of rotatable bonds is 6. The lowest BCUT2D eigenvalue weighted by molar-refractivity contribution is 0.0838. The van der Waals surface area contributed by atoms with Crippen LogP contribution in [0.5, 0.6) is 0 Å². The maximum absolute atomic E-state index is 11.8. The Kier molecular flexibility index (Phi) is 6.27. The number of ether oxygens (including phenoxy) is 1. The molecule has 0 saturated heterocycles. The molecule has 0 aliphatic carbocycles. The number of amides is 1. The number of benzene rings is 1. The summed E-state index contributed by atoms with van der Waals surface area (Å²) in [5.74, 6) is -0.160. The van der Waals surface area contributed by atoms with E-state index in [1.54, 1.807) is 18.5 Å². The van der Waals surface area contributed by atoms with Crippen LogP contribution in [0.4, 0.5) is 0 Å². The maximum Gasteiger partial charge on any atom is 0.251 e. The van der Waals surface area contributed by atoms with E-state index in [0.29, 0.717) is 18.7 Å². The molecule has 1 aromatic carbocycles. The van der Waals surface area contributed by atoms with Crippen molar-refractivity contribution in [2.75, 3.05) is 26.4 Å². The van der Waals surface area contributed by atoms with E-state index in [-0.39, 0.29) is 31.5 Å². The van der Waals surface area contributed by atoms with Crippen LogP contribution in [0.1, 0.15) is 10.4 Å². The Hall–Kier alpha value is -1.63. The summed E-state index contributed by atoms with van der Waals surface area (Å²) >= 11 is 0. The van der Waals surface area contributed by atoms with Gasteiger partial charge in [-0.05, 0) is 18.2 Å². The van der Waals surface area contributed by atoms with E-state index in [0.717, 1.165) is 11.0 Å². The number of carbonyl (C=O) groups is 1. The number of aliphatic hydroxyl groups is 1. The van der Waals surface area contributed by atoms with Gasteiger partial charge in [0.15, 0.2) is 0 Å². The van der Waals surface area contributed by atoms with Gasteiger partial charge in [-0.3, -0.25) is 4.79 Å². The number of aliphatic hydroxyl groups excluding tert-OH is 1. The first-order valence-electron chi connectivity index (χ1n) is 5.71. The number of carbonyl (C=O) groups excluding carboxylic acids is 1. The van der Waals surface area contributed by atoms with Crippen molar-refractivity contribution >= 4 is 29.3 Å². The van der Waals surface area contributed by atoms with E-state index < -0.39 is 0 Å². The van der Waals surface area contributed by atoms with Crippen molar-refractivity contribution in [3.63, 3.8) is 0 Å². The van der Waals surface area contributed by atoms with Crippen molar-refractivity contribution < 1.29 is 14.6 Å². The fraction of sp³-hybridized carbons (Fsp3) is 0.333. The van der Waals surface area contributed by atoms with Gasteiger partial charge < -0.3 is 20.1 Å². The molecular weight excluding hydrogens is 270 g/mol. The van der Waals surface area contributed by atoms with Gasteiger partial charge >= 0.3 is 0 Å². The molecule has 1 heterocycles. The predicted molar refractivity (Wildman–Crippen MR) is 73.6 cm³/mol. The maximum atomic E-state index is 11.8. The SMILES string of the molecule is Cl.O=C(NCCOCCO)c1ccc2[nH]cnc2c1. The Labute approximate surface area is 116 Å². The molecule has 2 aromatic rings. The van der Waals surface area contributed by atoms with Gasteiger partial charge in [0, 0.05) is 12.1 Å². The summed E-state index contributed by atoms with van der Waals surface area (Å²) < 4.78 is 5.04. The zero-order valence-electron chi connectivity index (χ0n) is 10.3. The first kappa shape index (κ1) is 15.4. The Balaban J connectivity index is 0.00000180. The van der Waals surface area contributed by atoms with Gasteiger partial charge in [-0.25, -0.2) is 4.98 Å². The van der Waals surface area contributed by atoms with E-state index in [4.69, 9.17) is 9.84 Å². The fourth-order valence-electron chi connectivity index (χ4n) is 1.58. The van der Waals surface area contributed by atoms with Gasteiger partial charge in [-0.2, -0.15) is 0 Å². The molecule has 19 heavy (non-hydrogen) atoms. The van der Waals surface area contributed by atoms with E-state index in [1.807, 2.05) is 6.07 Å². The molecule has 2 rings (SSSR count). The van der Waals surface area contributed by atoms with Crippen LogP contribution < -0.4 is 5.32 Å². The van der Waals surface area contributed by atoms with Crippen molar-refractivity contribution in [3.8, 4) is 0 Å². The van der Waals surface area contributed by atoms with Crippen LogP contribution in [-0.2, 0) is 4.74 Å². The van der Waals surface area contributed by atoms with Crippen molar-refractivity contribution in [3.05, 3.63) is 30.1 Å². The average molecular weight is 286 g/mol. The number of hydrogen-bond donors (Lipinski definition) is 3. The number of halogens is 1. The summed E-state index contributed by atoms with van der Waals surface area (Å²) in [5, 5.41) is 11.2. The van der Waals surface area contributed by atoms with Crippen LogP contribution in [0.3, 0.4) is 0 Å². The Morgan fingerprint density at radius 2 is 2.26 bits per heavy atom. The molecule has 0 aliphatic heterocycles. The van der Waals surface area contributed by atoms with E-state index in [1.165, 1.54) is 0 Å². The quantitative estimate of drug-likeness (QED) is 0.683. The summed E-state index contributed by atoms with van der Waals surface area (Å²) in [6.07, 6.45) is 1.59. The molecule has 7 heteroatoms. The number of aromatic nitrogens is 2. The lowest BCUT2D eigenvalue weighted by atomic mass is 10.2.